The highest BCUT2D eigenvalue weighted by Gasteiger charge is 2.32. The maximum atomic E-state index is 13.4. The normalized spacial score (nSPS) is 20.5. The number of nitrogens with one attached hydrogen (secondary N) is 2. The van der Waals surface area contributed by atoms with Gasteiger partial charge in [-0.2, -0.15) is 0 Å². The first-order valence-corrected chi connectivity index (χ1v) is 10.7. The number of carbonyl (C=O) groups excluding carboxylic acids is 3. The van der Waals surface area contributed by atoms with Crippen LogP contribution in [-0.4, -0.2) is 53.4 Å². The number of rotatable bonds is 6. The Labute approximate surface area is 190 Å². The number of benzene rings is 2. The van der Waals surface area contributed by atoms with E-state index in [4.69, 9.17) is 0 Å². The molecule has 2 aromatic carbocycles. The van der Waals surface area contributed by atoms with Crippen molar-refractivity contribution < 1.29 is 28.3 Å². The molecular weight excluding hydrogens is 432 g/mol. The van der Waals surface area contributed by atoms with Gasteiger partial charge in [-0.25, -0.2) is 8.78 Å². The molecule has 0 aromatic heterocycles. The highest BCUT2D eigenvalue weighted by atomic mass is 19.1. The molecule has 3 rings (SSSR count). The summed E-state index contributed by atoms with van der Waals surface area (Å²) in [4.78, 5) is 39.3. The van der Waals surface area contributed by atoms with Crippen molar-refractivity contribution in [3.8, 4) is 0 Å². The maximum Gasteiger partial charge on any atom is 0.254 e. The minimum atomic E-state index is -1.86. The van der Waals surface area contributed by atoms with Crippen molar-refractivity contribution in [1.82, 2.24) is 15.5 Å². The molecule has 1 heterocycles. The summed E-state index contributed by atoms with van der Waals surface area (Å²) in [7, 11) is 1.68. The fourth-order valence-electron chi connectivity index (χ4n) is 3.94. The molecule has 0 spiro atoms. The van der Waals surface area contributed by atoms with E-state index in [-0.39, 0.29) is 17.4 Å². The number of aliphatic hydroxyl groups excluding tert-OH is 1. The molecule has 1 saturated heterocycles. The van der Waals surface area contributed by atoms with Crippen LogP contribution in [0.2, 0.25) is 0 Å². The van der Waals surface area contributed by atoms with Gasteiger partial charge in [0.05, 0.1) is 0 Å². The maximum absolute atomic E-state index is 13.4. The lowest BCUT2D eigenvalue weighted by Gasteiger charge is -2.24. The van der Waals surface area contributed by atoms with Crippen molar-refractivity contribution in [2.45, 2.75) is 43.9 Å². The Balaban J connectivity index is 1.60. The largest absolute Gasteiger partial charge is 0.378 e. The molecule has 4 atom stereocenters. The Kier molecular flexibility index (Phi) is 7.75. The minimum Gasteiger partial charge on any atom is -0.378 e. The summed E-state index contributed by atoms with van der Waals surface area (Å²) in [6, 6.07) is 10.3. The monoisotopic (exact) mass is 459 g/mol. The third-order valence-corrected chi connectivity index (χ3v) is 5.76. The van der Waals surface area contributed by atoms with Gasteiger partial charge in [-0.05, 0) is 43.0 Å². The zero-order valence-corrected chi connectivity index (χ0v) is 18.4. The van der Waals surface area contributed by atoms with Crippen LogP contribution < -0.4 is 10.6 Å². The summed E-state index contributed by atoms with van der Waals surface area (Å²) in [5, 5.41) is 15.1. The van der Waals surface area contributed by atoms with Gasteiger partial charge >= 0.3 is 0 Å². The molecule has 176 valence electrons. The van der Waals surface area contributed by atoms with Crippen LogP contribution in [0.4, 0.5) is 8.78 Å². The van der Waals surface area contributed by atoms with Crippen LogP contribution >= 0.6 is 0 Å². The number of nitrogens with zero attached hydrogens (tertiary/aromatic N) is 1. The summed E-state index contributed by atoms with van der Waals surface area (Å²) < 4.78 is 26.7. The fraction of sp³-hybridized carbons (Fsp3) is 0.375. The first-order chi connectivity index (χ1) is 15.7. The summed E-state index contributed by atoms with van der Waals surface area (Å²) in [6.45, 7) is 1.92. The molecule has 33 heavy (non-hydrogen) atoms. The number of aliphatic hydroxyl groups is 1. The van der Waals surface area contributed by atoms with E-state index in [9.17, 15) is 28.3 Å². The predicted octanol–water partition coefficient (Wildman–Crippen LogP) is 2.02. The van der Waals surface area contributed by atoms with Crippen LogP contribution in [0.15, 0.2) is 48.5 Å². The second kappa shape index (κ2) is 10.5. The molecule has 1 aliphatic rings. The van der Waals surface area contributed by atoms with Crippen LogP contribution in [0.5, 0.6) is 0 Å². The summed E-state index contributed by atoms with van der Waals surface area (Å²) in [6.07, 6.45) is -0.738. The Bertz CT molecular complexity index is 998. The van der Waals surface area contributed by atoms with Gasteiger partial charge in [0.1, 0.15) is 23.7 Å². The number of carbonyl (C=O) groups is 3. The molecule has 9 heteroatoms. The molecule has 1 aliphatic heterocycles. The van der Waals surface area contributed by atoms with E-state index in [1.807, 2.05) is 30.3 Å². The third kappa shape index (κ3) is 6.13. The molecule has 1 fully saturated rings. The summed E-state index contributed by atoms with van der Waals surface area (Å²) >= 11 is 0. The van der Waals surface area contributed by atoms with Crippen molar-refractivity contribution >= 4 is 17.7 Å². The minimum absolute atomic E-state index is 0.140. The Morgan fingerprint density at radius 3 is 2.33 bits per heavy atom. The van der Waals surface area contributed by atoms with Gasteiger partial charge in [0.2, 0.25) is 11.8 Å². The van der Waals surface area contributed by atoms with Crippen LogP contribution in [0, 0.1) is 11.6 Å². The molecule has 0 unspecified atom stereocenters. The summed E-state index contributed by atoms with van der Waals surface area (Å²) in [5.41, 5.74) is 0.845. The molecule has 0 radical (unpaired) electrons. The van der Waals surface area contributed by atoms with Crippen molar-refractivity contribution in [2.24, 2.45) is 0 Å². The number of likely N-dealkylation sites (tertiary alicyclic amines) is 1. The molecule has 3 amide bonds. The summed E-state index contributed by atoms with van der Waals surface area (Å²) in [5.74, 6) is -3.56. The molecule has 0 aliphatic carbocycles. The van der Waals surface area contributed by atoms with Gasteiger partial charge in [-0.15, -0.1) is 0 Å². The van der Waals surface area contributed by atoms with Crippen LogP contribution in [0.3, 0.4) is 0 Å². The van der Waals surface area contributed by atoms with Crippen molar-refractivity contribution in [2.75, 3.05) is 13.6 Å². The van der Waals surface area contributed by atoms with Crippen LogP contribution in [0.25, 0.3) is 0 Å². The molecule has 2 aromatic rings. The first-order valence-electron chi connectivity index (χ1n) is 10.7. The number of likely N-dealkylation sites (N-methyl/N-ethyl adjacent to an activating group) is 1. The Morgan fingerprint density at radius 2 is 1.70 bits per heavy atom. The molecule has 3 N–H and O–H groups in total. The smallest absolute Gasteiger partial charge is 0.254 e. The van der Waals surface area contributed by atoms with Gasteiger partial charge in [-0.3, -0.25) is 14.4 Å². The SMILES string of the molecule is C[C@H](NC(=O)[C@H](O)c1cc(F)cc(F)c1)C(=O)N[C@H]1CC[C@H](c2ccccc2)CN(C)C1=O. The van der Waals surface area contributed by atoms with E-state index in [2.05, 4.69) is 10.6 Å². The zero-order valence-electron chi connectivity index (χ0n) is 18.4. The van der Waals surface area contributed by atoms with E-state index < -0.39 is 41.6 Å². The van der Waals surface area contributed by atoms with Crippen molar-refractivity contribution in [3.05, 3.63) is 71.3 Å². The number of amides is 3. The van der Waals surface area contributed by atoms with Crippen LogP contribution in [-0.2, 0) is 14.4 Å². The highest BCUT2D eigenvalue weighted by molar-refractivity contribution is 5.92. The quantitative estimate of drug-likeness (QED) is 0.616. The van der Waals surface area contributed by atoms with E-state index >= 15 is 0 Å². The lowest BCUT2D eigenvalue weighted by Crippen LogP contribution is -2.53. The third-order valence-electron chi connectivity index (χ3n) is 5.76. The Morgan fingerprint density at radius 1 is 1.06 bits per heavy atom. The van der Waals surface area contributed by atoms with Crippen LogP contribution in [0.1, 0.15) is 42.9 Å². The second-order valence-corrected chi connectivity index (χ2v) is 8.30. The van der Waals surface area contributed by atoms with Gasteiger partial charge in [0.15, 0.2) is 6.10 Å². The zero-order chi connectivity index (χ0) is 24.1. The van der Waals surface area contributed by atoms with E-state index in [0.29, 0.717) is 25.5 Å². The highest BCUT2D eigenvalue weighted by Crippen LogP contribution is 2.26. The average molecular weight is 459 g/mol. The first kappa shape index (κ1) is 24.3. The van der Waals surface area contributed by atoms with Gasteiger partial charge in [0.25, 0.3) is 5.91 Å². The van der Waals surface area contributed by atoms with E-state index in [1.54, 1.807) is 11.9 Å². The van der Waals surface area contributed by atoms with Gasteiger partial charge < -0.3 is 20.6 Å². The van der Waals surface area contributed by atoms with E-state index in [1.165, 1.54) is 6.92 Å². The topological polar surface area (TPSA) is 98.7 Å². The van der Waals surface area contributed by atoms with Crippen molar-refractivity contribution in [1.29, 1.82) is 0 Å². The standard InChI is InChI=1S/C24H27F2N3O4/c1-14(27-23(32)21(30)17-10-18(25)12-19(26)11-17)22(31)28-20-9-8-16(13-29(2)24(20)33)15-6-4-3-5-7-15/h3-7,10-12,14,16,20-21,30H,8-9,13H2,1-2H3,(H,27,32)(H,28,31)/t14-,16-,20-,21+/m0/s1. The predicted molar refractivity (Wildman–Crippen MR) is 117 cm³/mol. The molecular formula is C24H27F2N3O4. The number of hydrogen-bond donors (Lipinski definition) is 3. The Hall–Kier alpha value is -3.33. The lowest BCUT2D eigenvalue weighted by molar-refractivity contribution is -0.137. The second-order valence-electron chi connectivity index (χ2n) is 8.30. The lowest BCUT2D eigenvalue weighted by atomic mass is 9.94. The molecule has 0 bridgehead atoms. The molecule has 0 saturated carbocycles. The number of hydrogen-bond acceptors (Lipinski definition) is 4. The van der Waals surface area contributed by atoms with E-state index in [0.717, 1.165) is 17.7 Å². The fourth-order valence-corrected chi connectivity index (χ4v) is 3.94. The van der Waals surface area contributed by atoms with Gasteiger partial charge in [0, 0.05) is 25.6 Å². The van der Waals surface area contributed by atoms with Crippen molar-refractivity contribution in [3.63, 3.8) is 0 Å². The number of halogens is 2. The average Bonchev–Trinajstić information content (AvgIpc) is 2.92. The van der Waals surface area contributed by atoms with Gasteiger partial charge in [-0.1, -0.05) is 30.3 Å². The molecule has 7 nitrogen and oxygen atoms in total.